The van der Waals surface area contributed by atoms with Gasteiger partial charge in [0.2, 0.25) is 5.91 Å². The number of nitrogens with one attached hydrogen (secondary N) is 1. The number of rotatable bonds is 11. The van der Waals surface area contributed by atoms with Crippen molar-refractivity contribution in [1.29, 1.82) is 0 Å². The lowest BCUT2D eigenvalue weighted by Crippen LogP contribution is -2.60. The molecule has 4 saturated carbocycles. The van der Waals surface area contributed by atoms with Crippen LogP contribution < -0.4 is 5.32 Å². The molecule has 46 heavy (non-hydrogen) atoms. The minimum Gasteiger partial charge on any atom is -0.481 e. The Morgan fingerprint density at radius 2 is 1.61 bits per heavy atom. The first-order chi connectivity index (χ1) is 21.8. The van der Waals surface area contributed by atoms with Gasteiger partial charge in [0.25, 0.3) is 0 Å². The molecule has 0 bridgehead atoms. The average Bonchev–Trinajstić information content (AvgIpc) is 3.38. The highest BCUT2D eigenvalue weighted by molar-refractivity contribution is 5.81. The van der Waals surface area contributed by atoms with E-state index in [2.05, 4.69) is 26.1 Å². The zero-order chi connectivity index (χ0) is 33.4. The number of carbonyl (C=O) groups excluding carboxylic acids is 2. The number of fused-ring (bicyclic) bond motifs is 5. The maximum atomic E-state index is 12.8. The number of carboxylic acids is 1. The topological polar surface area (TPSA) is 172 Å². The monoisotopic (exact) mass is 651 g/mol. The second-order valence-corrected chi connectivity index (χ2v) is 15.7. The number of carboxylic acid groups (broad SMARTS) is 1. The summed E-state index contributed by atoms with van der Waals surface area (Å²) in [5.74, 6) is 2.23. The molecule has 0 spiro atoms. The van der Waals surface area contributed by atoms with Crippen molar-refractivity contribution >= 4 is 17.8 Å². The fourth-order valence-corrected chi connectivity index (χ4v) is 10.9. The molecule has 11 nitrogen and oxygen atoms in total. The van der Waals surface area contributed by atoms with E-state index in [1.54, 1.807) is 0 Å². The molecule has 0 aromatic carbocycles. The Kier molecular flexibility index (Phi) is 11.1. The van der Waals surface area contributed by atoms with Crippen LogP contribution in [0.1, 0.15) is 104 Å². The van der Waals surface area contributed by atoms with Gasteiger partial charge in [-0.05, 0) is 111 Å². The number of aliphatic hydroxyl groups is 3. The summed E-state index contributed by atoms with van der Waals surface area (Å²) in [6.07, 6.45) is 4.54. The molecule has 0 radical (unpaired) electrons. The molecule has 0 aromatic rings. The number of aliphatic hydroxyl groups excluding tert-OH is 3. The van der Waals surface area contributed by atoms with Crippen molar-refractivity contribution in [1.82, 2.24) is 5.32 Å². The van der Waals surface area contributed by atoms with Crippen LogP contribution in [0.5, 0.6) is 0 Å². The Morgan fingerprint density at radius 1 is 0.891 bits per heavy atom. The third kappa shape index (κ3) is 7.00. The molecule has 14 atom stereocenters. The van der Waals surface area contributed by atoms with Crippen LogP contribution in [0.2, 0.25) is 0 Å². The zero-order valence-electron chi connectivity index (χ0n) is 28.1. The van der Waals surface area contributed by atoms with E-state index >= 15 is 0 Å². The first kappa shape index (κ1) is 35.5. The van der Waals surface area contributed by atoms with Crippen LogP contribution in [-0.4, -0.2) is 88.7 Å². The fraction of sp³-hybridized carbons (Fsp3) is 0.914. The molecule has 0 unspecified atom stereocenters. The molecule has 5 N–H and O–H groups in total. The number of ether oxygens (including phenoxy) is 3. The van der Waals surface area contributed by atoms with Gasteiger partial charge in [0.05, 0.1) is 6.42 Å². The number of amides is 1. The molecule has 5 rings (SSSR count). The minimum absolute atomic E-state index is 0.0442. The quantitative estimate of drug-likeness (QED) is 0.209. The van der Waals surface area contributed by atoms with E-state index in [-0.39, 0.29) is 43.3 Å². The maximum absolute atomic E-state index is 12.8. The molecule has 1 aliphatic heterocycles. The van der Waals surface area contributed by atoms with Crippen LogP contribution in [0.15, 0.2) is 0 Å². The van der Waals surface area contributed by atoms with Crippen molar-refractivity contribution in [3.8, 4) is 0 Å². The Labute approximate surface area is 273 Å². The number of methoxy groups -OCH3 is 1. The van der Waals surface area contributed by atoms with Crippen LogP contribution >= 0.6 is 0 Å². The molecular weight excluding hydrogens is 594 g/mol. The highest BCUT2D eigenvalue weighted by atomic mass is 16.7. The molecule has 0 aromatic heterocycles. The number of esters is 1. The van der Waals surface area contributed by atoms with Crippen LogP contribution in [-0.2, 0) is 28.6 Å². The van der Waals surface area contributed by atoms with E-state index in [1.807, 2.05) is 0 Å². The highest BCUT2D eigenvalue weighted by Crippen LogP contribution is 2.68. The van der Waals surface area contributed by atoms with Crippen molar-refractivity contribution in [3.05, 3.63) is 0 Å². The van der Waals surface area contributed by atoms with Crippen LogP contribution in [0, 0.1) is 46.3 Å². The predicted molar refractivity (Wildman–Crippen MR) is 167 cm³/mol. The maximum Gasteiger partial charge on any atom is 0.306 e. The zero-order valence-corrected chi connectivity index (χ0v) is 28.1. The van der Waals surface area contributed by atoms with Gasteiger partial charge < -0.3 is 40.0 Å². The van der Waals surface area contributed by atoms with Gasteiger partial charge in [-0.1, -0.05) is 20.8 Å². The van der Waals surface area contributed by atoms with E-state index < -0.39 is 42.6 Å². The van der Waals surface area contributed by atoms with Crippen molar-refractivity contribution in [2.24, 2.45) is 46.3 Å². The van der Waals surface area contributed by atoms with Gasteiger partial charge in [0.15, 0.2) is 6.29 Å². The Hall–Kier alpha value is -1.79. The van der Waals surface area contributed by atoms with Gasteiger partial charge in [0, 0.05) is 26.5 Å². The van der Waals surface area contributed by atoms with Crippen molar-refractivity contribution < 1.29 is 49.0 Å². The van der Waals surface area contributed by atoms with Gasteiger partial charge in [-0.15, -0.1) is 0 Å². The van der Waals surface area contributed by atoms with Crippen molar-refractivity contribution in [2.45, 2.75) is 141 Å². The first-order valence-corrected chi connectivity index (χ1v) is 17.7. The summed E-state index contributed by atoms with van der Waals surface area (Å²) in [5, 5.41) is 42.0. The summed E-state index contributed by atoms with van der Waals surface area (Å²) in [4.78, 5) is 36.4. The standard InChI is InChI=1S/C35H57NO10/c1-19(5-11-28(38)39)23-8-9-24-22-7-6-20-17-21(13-15-34(20,2)25(22)14-16-35(23,24)3)45-29(40)12-10-27(37)36-18-26-30(41)31(42)32(43)33(44-4)46-26/h19-26,30-33,41-43H,5-18H2,1-4H3,(H,36,37)(H,38,39)/t19-,20-,21+,22+,23-,24+,25+,26-,30-,31+,32-,33+,34+,35-/m1/s1. The normalized spacial score (nSPS) is 44.3. The summed E-state index contributed by atoms with van der Waals surface area (Å²) < 4.78 is 16.3. The van der Waals surface area contributed by atoms with Gasteiger partial charge >= 0.3 is 11.9 Å². The predicted octanol–water partition coefficient (Wildman–Crippen LogP) is 3.41. The minimum atomic E-state index is -1.47. The molecule has 1 amide bonds. The lowest BCUT2D eigenvalue weighted by molar-refractivity contribution is -0.288. The number of hydrogen-bond acceptors (Lipinski definition) is 9. The molecule has 1 saturated heterocycles. The number of carbonyl (C=O) groups is 3. The third-order valence-corrected chi connectivity index (χ3v) is 13.4. The SMILES string of the molecule is CO[C@H]1O[C@H](CNC(=O)CCC(=O)O[C@H]2CC[C@@]3(C)[C@H](CC[C@@H]4[C@@H]3CC[C@]3(C)[C@@H]([C@H](C)CCC(=O)O)CC[C@@H]43)C2)[C@@H](O)[C@H](O)[C@H]1O. The van der Waals surface area contributed by atoms with E-state index in [4.69, 9.17) is 14.2 Å². The third-order valence-electron chi connectivity index (χ3n) is 13.4. The van der Waals surface area contributed by atoms with E-state index in [1.165, 1.54) is 39.2 Å². The summed E-state index contributed by atoms with van der Waals surface area (Å²) in [6, 6.07) is 0. The molecule has 4 aliphatic carbocycles. The van der Waals surface area contributed by atoms with Gasteiger partial charge in [0.1, 0.15) is 30.5 Å². The fourth-order valence-electron chi connectivity index (χ4n) is 10.9. The molecular formula is C35H57NO10. The highest BCUT2D eigenvalue weighted by Gasteiger charge is 2.60. The Balaban J connectivity index is 1.07. The molecule has 11 heteroatoms. The van der Waals surface area contributed by atoms with Crippen molar-refractivity contribution in [3.63, 3.8) is 0 Å². The Bertz CT molecular complexity index is 1100. The van der Waals surface area contributed by atoms with Crippen LogP contribution in [0.4, 0.5) is 0 Å². The lowest BCUT2D eigenvalue weighted by Gasteiger charge is -2.61. The second kappa shape index (κ2) is 14.4. The lowest BCUT2D eigenvalue weighted by atomic mass is 9.44. The van der Waals surface area contributed by atoms with Gasteiger partial charge in [-0.3, -0.25) is 14.4 Å². The van der Waals surface area contributed by atoms with Crippen LogP contribution in [0.3, 0.4) is 0 Å². The Morgan fingerprint density at radius 3 is 2.33 bits per heavy atom. The largest absolute Gasteiger partial charge is 0.481 e. The molecule has 262 valence electrons. The summed E-state index contributed by atoms with van der Waals surface area (Å²) in [6.45, 7) is 7.17. The molecule has 5 fully saturated rings. The second-order valence-electron chi connectivity index (χ2n) is 15.7. The van der Waals surface area contributed by atoms with Crippen molar-refractivity contribution in [2.75, 3.05) is 13.7 Å². The smallest absolute Gasteiger partial charge is 0.306 e. The first-order valence-electron chi connectivity index (χ1n) is 17.7. The summed E-state index contributed by atoms with van der Waals surface area (Å²) in [5.41, 5.74) is 0.553. The van der Waals surface area contributed by atoms with Gasteiger partial charge in [-0.25, -0.2) is 0 Å². The number of hydrogen-bond donors (Lipinski definition) is 5. The number of aliphatic carboxylic acids is 1. The van der Waals surface area contributed by atoms with E-state index in [9.17, 15) is 34.8 Å². The summed E-state index contributed by atoms with van der Waals surface area (Å²) >= 11 is 0. The van der Waals surface area contributed by atoms with Crippen LogP contribution in [0.25, 0.3) is 0 Å². The van der Waals surface area contributed by atoms with E-state index in [0.29, 0.717) is 35.0 Å². The summed E-state index contributed by atoms with van der Waals surface area (Å²) in [7, 11) is 1.31. The van der Waals surface area contributed by atoms with Gasteiger partial charge in [-0.2, -0.15) is 0 Å². The molecule has 5 aliphatic rings. The molecule has 1 heterocycles. The van der Waals surface area contributed by atoms with E-state index in [0.717, 1.165) is 38.0 Å². The average molecular weight is 652 g/mol.